The zero-order valence-corrected chi connectivity index (χ0v) is 18.2. The maximum atomic E-state index is 12.5. The zero-order valence-electron chi connectivity index (χ0n) is 17.4. The molecular weight excluding hydrogens is 392 g/mol. The van der Waals surface area contributed by atoms with Crippen molar-refractivity contribution < 1.29 is 22.1 Å². The first-order valence-corrected chi connectivity index (χ1v) is 10.8. The van der Waals surface area contributed by atoms with Gasteiger partial charge in [0.2, 0.25) is 0 Å². The summed E-state index contributed by atoms with van der Waals surface area (Å²) in [7, 11) is -2.47. The first kappa shape index (κ1) is 22.5. The summed E-state index contributed by atoms with van der Waals surface area (Å²) in [6.07, 6.45) is 0. The second kappa shape index (κ2) is 9.65. The van der Waals surface area contributed by atoms with E-state index in [1.807, 2.05) is 33.8 Å². The smallest absolute Gasteiger partial charge is 0.339 e. The minimum absolute atomic E-state index is 0.0213. The molecule has 8 heteroatoms. The third-order valence-corrected chi connectivity index (χ3v) is 5.36. The van der Waals surface area contributed by atoms with Crippen LogP contribution in [0.4, 0.5) is 4.79 Å². The van der Waals surface area contributed by atoms with Crippen LogP contribution in [-0.2, 0) is 16.7 Å². The molecular formula is C21H28N2O5S. The highest BCUT2D eigenvalue weighted by molar-refractivity contribution is 7.87. The second-order valence-corrected chi connectivity index (χ2v) is 8.73. The van der Waals surface area contributed by atoms with Crippen LogP contribution < -0.4 is 14.2 Å². The Morgan fingerprint density at radius 2 is 1.69 bits per heavy atom. The molecule has 0 spiro atoms. The topological polar surface area (TPSA) is 84.9 Å². The summed E-state index contributed by atoms with van der Waals surface area (Å²) in [5, 5.41) is 2.88. The van der Waals surface area contributed by atoms with Gasteiger partial charge in [0, 0.05) is 18.6 Å². The van der Waals surface area contributed by atoms with Crippen LogP contribution >= 0.6 is 0 Å². The number of nitrogens with one attached hydrogen (secondary N) is 1. The molecule has 0 aliphatic rings. The van der Waals surface area contributed by atoms with Crippen molar-refractivity contribution in [1.82, 2.24) is 10.2 Å². The van der Waals surface area contributed by atoms with Crippen molar-refractivity contribution in [1.29, 1.82) is 0 Å². The number of carbonyl (C=O) groups excluding carboxylic acids is 1. The quantitative estimate of drug-likeness (QED) is 0.657. The Labute approximate surface area is 172 Å². The summed E-state index contributed by atoms with van der Waals surface area (Å²) in [4.78, 5) is 14.1. The third-order valence-electron chi connectivity index (χ3n) is 4.10. The molecule has 0 aliphatic heterocycles. The van der Waals surface area contributed by atoms with Gasteiger partial charge in [-0.3, -0.25) is 0 Å². The molecule has 0 saturated heterocycles. The summed E-state index contributed by atoms with van der Waals surface area (Å²) in [5.41, 5.74) is 0.764. The Bertz CT molecular complexity index is 924. The van der Waals surface area contributed by atoms with Gasteiger partial charge in [-0.1, -0.05) is 12.1 Å². The SMILES string of the molecule is COc1ccc(S(=O)(=O)Oc2cccc(CN(C(=O)NC(C)C)C(C)C)c2)cc1. The molecule has 2 aromatic carbocycles. The van der Waals surface area contributed by atoms with Crippen molar-refractivity contribution in [3.63, 3.8) is 0 Å². The summed E-state index contributed by atoms with van der Waals surface area (Å²) in [6.45, 7) is 7.97. The van der Waals surface area contributed by atoms with E-state index in [1.165, 1.54) is 19.2 Å². The molecule has 1 N–H and O–H groups in total. The van der Waals surface area contributed by atoms with E-state index in [0.29, 0.717) is 12.3 Å². The summed E-state index contributed by atoms with van der Waals surface area (Å²) < 4.78 is 35.4. The predicted molar refractivity (Wildman–Crippen MR) is 112 cm³/mol. The van der Waals surface area contributed by atoms with E-state index < -0.39 is 10.1 Å². The van der Waals surface area contributed by atoms with Crippen LogP contribution in [-0.4, -0.2) is 38.5 Å². The molecule has 0 aliphatic carbocycles. The Hall–Kier alpha value is -2.74. The third kappa shape index (κ3) is 6.39. The van der Waals surface area contributed by atoms with Gasteiger partial charge in [-0.2, -0.15) is 8.42 Å². The van der Waals surface area contributed by atoms with Gasteiger partial charge in [-0.05, 0) is 69.7 Å². The van der Waals surface area contributed by atoms with Crippen LogP contribution in [0.25, 0.3) is 0 Å². The highest BCUT2D eigenvalue weighted by atomic mass is 32.2. The van der Waals surface area contributed by atoms with E-state index in [2.05, 4.69) is 5.32 Å². The van der Waals surface area contributed by atoms with Gasteiger partial charge >= 0.3 is 16.1 Å². The van der Waals surface area contributed by atoms with Crippen LogP contribution in [0.15, 0.2) is 53.4 Å². The van der Waals surface area contributed by atoms with Gasteiger partial charge in [-0.15, -0.1) is 0 Å². The highest BCUT2D eigenvalue weighted by Gasteiger charge is 2.20. The van der Waals surface area contributed by atoms with E-state index >= 15 is 0 Å². The minimum atomic E-state index is -3.98. The van der Waals surface area contributed by atoms with E-state index in [-0.39, 0.29) is 28.8 Å². The van der Waals surface area contributed by atoms with E-state index in [1.54, 1.807) is 35.2 Å². The molecule has 0 fully saturated rings. The molecule has 29 heavy (non-hydrogen) atoms. The molecule has 0 bridgehead atoms. The van der Waals surface area contributed by atoms with Gasteiger partial charge in [0.05, 0.1) is 7.11 Å². The first-order valence-electron chi connectivity index (χ1n) is 9.37. The van der Waals surface area contributed by atoms with Gasteiger partial charge < -0.3 is 19.1 Å². The maximum absolute atomic E-state index is 12.5. The number of hydrogen-bond donors (Lipinski definition) is 1. The lowest BCUT2D eigenvalue weighted by Crippen LogP contribution is -2.45. The average molecular weight is 421 g/mol. The standard InChI is InChI=1S/C21H28N2O5S/c1-15(2)22-21(24)23(16(3)4)14-17-7-6-8-19(13-17)28-29(25,26)20-11-9-18(27-5)10-12-20/h6-13,15-16H,14H2,1-5H3,(H,22,24). The number of methoxy groups -OCH3 is 1. The molecule has 0 radical (unpaired) electrons. The number of hydrogen-bond acceptors (Lipinski definition) is 5. The first-order chi connectivity index (χ1) is 13.6. The molecule has 0 aromatic heterocycles. The monoisotopic (exact) mass is 420 g/mol. The number of ether oxygens (including phenoxy) is 1. The molecule has 158 valence electrons. The Morgan fingerprint density at radius 1 is 1.03 bits per heavy atom. The zero-order chi connectivity index (χ0) is 21.6. The fourth-order valence-electron chi connectivity index (χ4n) is 2.63. The molecule has 0 heterocycles. The highest BCUT2D eigenvalue weighted by Crippen LogP contribution is 2.22. The van der Waals surface area contributed by atoms with Gasteiger partial charge in [0.25, 0.3) is 0 Å². The number of rotatable bonds is 8. The van der Waals surface area contributed by atoms with Crippen LogP contribution in [0.5, 0.6) is 11.5 Å². The van der Waals surface area contributed by atoms with Crippen molar-refractivity contribution in [2.75, 3.05) is 7.11 Å². The maximum Gasteiger partial charge on any atom is 0.339 e. The van der Waals surface area contributed by atoms with Crippen LogP contribution in [0.1, 0.15) is 33.3 Å². The lowest BCUT2D eigenvalue weighted by molar-refractivity contribution is 0.177. The predicted octanol–water partition coefficient (Wildman–Crippen LogP) is 3.79. The van der Waals surface area contributed by atoms with E-state index in [9.17, 15) is 13.2 Å². The Morgan fingerprint density at radius 3 is 2.24 bits per heavy atom. The molecule has 7 nitrogen and oxygen atoms in total. The summed E-state index contributed by atoms with van der Waals surface area (Å²) in [5.74, 6) is 0.741. The Balaban J connectivity index is 2.18. The number of nitrogens with zero attached hydrogens (tertiary/aromatic N) is 1. The van der Waals surface area contributed by atoms with E-state index in [4.69, 9.17) is 8.92 Å². The number of benzene rings is 2. The number of carbonyl (C=O) groups is 1. The number of amides is 2. The number of urea groups is 1. The van der Waals surface area contributed by atoms with Gasteiger partial charge in [-0.25, -0.2) is 4.79 Å². The lowest BCUT2D eigenvalue weighted by atomic mass is 10.2. The van der Waals surface area contributed by atoms with Crippen LogP contribution in [0.3, 0.4) is 0 Å². The van der Waals surface area contributed by atoms with Gasteiger partial charge in [0.15, 0.2) is 0 Å². The molecule has 2 rings (SSSR count). The van der Waals surface area contributed by atoms with Crippen LogP contribution in [0, 0.1) is 0 Å². The molecule has 0 unspecified atom stereocenters. The molecule has 0 saturated carbocycles. The fourth-order valence-corrected chi connectivity index (χ4v) is 3.55. The molecule has 2 aromatic rings. The van der Waals surface area contributed by atoms with Crippen molar-refractivity contribution in [3.05, 3.63) is 54.1 Å². The normalized spacial score (nSPS) is 11.4. The van der Waals surface area contributed by atoms with Crippen LogP contribution in [0.2, 0.25) is 0 Å². The molecule has 0 atom stereocenters. The van der Waals surface area contributed by atoms with E-state index in [0.717, 1.165) is 5.56 Å². The summed E-state index contributed by atoms with van der Waals surface area (Å²) >= 11 is 0. The average Bonchev–Trinajstić information content (AvgIpc) is 2.65. The minimum Gasteiger partial charge on any atom is -0.497 e. The van der Waals surface area contributed by atoms with Crippen molar-refractivity contribution in [2.45, 2.75) is 51.2 Å². The fraction of sp³-hybridized carbons (Fsp3) is 0.381. The van der Waals surface area contributed by atoms with Crippen molar-refractivity contribution in [3.8, 4) is 11.5 Å². The second-order valence-electron chi connectivity index (χ2n) is 7.19. The largest absolute Gasteiger partial charge is 0.497 e. The lowest BCUT2D eigenvalue weighted by Gasteiger charge is -2.28. The van der Waals surface area contributed by atoms with Crippen molar-refractivity contribution >= 4 is 16.1 Å². The van der Waals surface area contributed by atoms with Gasteiger partial charge in [0.1, 0.15) is 16.4 Å². The Kier molecular flexibility index (Phi) is 7.50. The summed E-state index contributed by atoms with van der Waals surface area (Å²) in [6, 6.07) is 12.5. The van der Waals surface area contributed by atoms with Crippen molar-refractivity contribution in [2.24, 2.45) is 0 Å². The molecule has 2 amide bonds.